The summed E-state index contributed by atoms with van der Waals surface area (Å²) in [6, 6.07) is 2.13. The van der Waals surface area contributed by atoms with Crippen LogP contribution in [0.25, 0.3) is 0 Å². The van der Waals surface area contributed by atoms with E-state index in [0.29, 0.717) is 5.69 Å². The molecule has 1 amide bonds. The molecule has 0 aliphatic rings. The average Bonchev–Trinajstić information content (AvgIpc) is 2.75. The van der Waals surface area contributed by atoms with Gasteiger partial charge in [-0.3, -0.25) is 4.79 Å². The second-order valence-electron chi connectivity index (χ2n) is 4.34. The average molecular weight is 301 g/mol. The fraction of sp³-hybridized carbons (Fsp3) is 0.615. The lowest BCUT2D eigenvalue weighted by Crippen LogP contribution is -2.39. The quantitative estimate of drug-likeness (QED) is 0.852. The zero-order valence-electron chi connectivity index (χ0n) is 10.8. The SMILES string of the molecule is CCCCN(C(=O)c1cc(Br)c[nH]1)C(C)CC. The molecule has 96 valence electrons. The standard InChI is InChI=1S/C13H21BrN2O/c1-4-6-7-16(10(3)5-2)13(17)12-8-11(14)9-15-12/h8-10,15H,4-7H2,1-3H3. The molecule has 3 nitrogen and oxygen atoms in total. The summed E-state index contributed by atoms with van der Waals surface area (Å²) in [6.07, 6.45) is 4.94. The maximum absolute atomic E-state index is 12.3. The van der Waals surface area contributed by atoms with Gasteiger partial charge in [0.1, 0.15) is 5.69 Å². The largest absolute Gasteiger partial charge is 0.356 e. The number of nitrogens with zero attached hydrogens (tertiary/aromatic N) is 1. The van der Waals surface area contributed by atoms with Crippen molar-refractivity contribution in [2.45, 2.75) is 46.1 Å². The van der Waals surface area contributed by atoms with Crippen LogP contribution < -0.4 is 0 Å². The van der Waals surface area contributed by atoms with Crippen LogP contribution in [0.1, 0.15) is 50.5 Å². The van der Waals surface area contributed by atoms with Crippen LogP contribution >= 0.6 is 15.9 Å². The molecule has 0 saturated carbocycles. The Hall–Kier alpha value is -0.770. The highest BCUT2D eigenvalue weighted by Gasteiger charge is 2.20. The number of hydrogen-bond acceptors (Lipinski definition) is 1. The lowest BCUT2D eigenvalue weighted by atomic mass is 10.2. The summed E-state index contributed by atoms with van der Waals surface area (Å²) in [5.74, 6) is 0.0958. The Kier molecular flexibility index (Phi) is 5.75. The van der Waals surface area contributed by atoms with E-state index in [-0.39, 0.29) is 11.9 Å². The van der Waals surface area contributed by atoms with Gasteiger partial charge in [0.25, 0.3) is 5.91 Å². The molecule has 0 fully saturated rings. The van der Waals surface area contributed by atoms with E-state index in [9.17, 15) is 4.79 Å². The number of hydrogen-bond donors (Lipinski definition) is 1. The third-order valence-electron chi connectivity index (χ3n) is 3.01. The van der Waals surface area contributed by atoms with Gasteiger partial charge in [-0.15, -0.1) is 0 Å². The molecule has 0 aliphatic carbocycles. The molecule has 1 rings (SSSR count). The van der Waals surface area contributed by atoms with Crippen LogP contribution in [0.5, 0.6) is 0 Å². The smallest absolute Gasteiger partial charge is 0.270 e. The van der Waals surface area contributed by atoms with Gasteiger partial charge in [-0.1, -0.05) is 20.3 Å². The van der Waals surface area contributed by atoms with Gasteiger partial charge >= 0.3 is 0 Å². The Balaban J connectivity index is 2.78. The molecule has 0 aromatic carbocycles. The number of H-pyrrole nitrogens is 1. The van der Waals surface area contributed by atoms with E-state index in [0.717, 1.165) is 30.3 Å². The molecule has 17 heavy (non-hydrogen) atoms. The van der Waals surface area contributed by atoms with Crippen molar-refractivity contribution in [3.05, 3.63) is 22.4 Å². The summed E-state index contributed by atoms with van der Waals surface area (Å²) >= 11 is 3.35. The van der Waals surface area contributed by atoms with Crippen molar-refractivity contribution in [3.63, 3.8) is 0 Å². The predicted molar refractivity (Wildman–Crippen MR) is 74.2 cm³/mol. The number of rotatable bonds is 6. The molecular weight excluding hydrogens is 280 g/mol. The van der Waals surface area contributed by atoms with Crippen LogP contribution in [0.3, 0.4) is 0 Å². The molecule has 0 bridgehead atoms. The van der Waals surface area contributed by atoms with Gasteiger partial charge in [-0.2, -0.15) is 0 Å². The maximum Gasteiger partial charge on any atom is 0.270 e. The fourth-order valence-electron chi connectivity index (χ4n) is 1.72. The molecule has 0 saturated heterocycles. The minimum Gasteiger partial charge on any atom is -0.356 e. The summed E-state index contributed by atoms with van der Waals surface area (Å²) in [5, 5.41) is 0. The van der Waals surface area contributed by atoms with E-state index in [2.05, 4.69) is 41.7 Å². The van der Waals surface area contributed by atoms with E-state index in [1.807, 2.05) is 11.0 Å². The third-order valence-corrected chi connectivity index (χ3v) is 3.47. The van der Waals surface area contributed by atoms with Crippen LogP contribution in [0.4, 0.5) is 0 Å². The summed E-state index contributed by atoms with van der Waals surface area (Å²) in [4.78, 5) is 17.3. The summed E-state index contributed by atoms with van der Waals surface area (Å²) < 4.78 is 0.917. The molecule has 0 radical (unpaired) electrons. The Morgan fingerprint density at radius 3 is 2.71 bits per heavy atom. The van der Waals surface area contributed by atoms with Crippen LogP contribution in [0, 0.1) is 0 Å². The lowest BCUT2D eigenvalue weighted by molar-refractivity contribution is 0.0680. The first-order valence-electron chi connectivity index (χ1n) is 6.25. The van der Waals surface area contributed by atoms with Crippen LogP contribution in [0.15, 0.2) is 16.7 Å². The number of aromatic nitrogens is 1. The number of amides is 1. The monoisotopic (exact) mass is 300 g/mol. The maximum atomic E-state index is 12.3. The minimum absolute atomic E-state index is 0.0958. The van der Waals surface area contributed by atoms with Crippen molar-refractivity contribution in [3.8, 4) is 0 Å². The van der Waals surface area contributed by atoms with Gasteiger partial charge in [0, 0.05) is 23.3 Å². The van der Waals surface area contributed by atoms with Gasteiger partial charge in [0.05, 0.1) is 0 Å². The Labute approximate surface area is 112 Å². The summed E-state index contributed by atoms with van der Waals surface area (Å²) in [7, 11) is 0. The topological polar surface area (TPSA) is 36.1 Å². The van der Waals surface area contributed by atoms with E-state index < -0.39 is 0 Å². The Morgan fingerprint density at radius 2 is 2.24 bits per heavy atom. The molecule has 1 atom stereocenters. The van der Waals surface area contributed by atoms with Gasteiger partial charge in [0.2, 0.25) is 0 Å². The van der Waals surface area contributed by atoms with E-state index in [1.165, 1.54) is 0 Å². The summed E-state index contributed by atoms with van der Waals surface area (Å²) in [5.41, 5.74) is 0.660. The molecule has 1 aromatic rings. The molecule has 4 heteroatoms. The number of carbonyl (C=O) groups is 1. The minimum atomic E-state index is 0.0958. The molecule has 1 heterocycles. The van der Waals surface area contributed by atoms with Crippen molar-refractivity contribution in [1.29, 1.82) is 0 Å². The number of unbranched alkanes of at least 4 members (excludes halogenated alkanes) is 1. The van der Waals surface area contributed by atoms with Crippen LogP contribution in [-0.2, 0) is 0 Å². The lowest BCUT2D eigenvalue weighted by Gasteiger charge is -2.28. The number of aromatic amines is 1. The van der Waals surface area contributed by atoms with Crippen molar-refractivity contribution in [1.82, 2.24) is 9.88 Å². The first-order valence-corrected chi connectivity index (χ1v) is 7.04. The van der Waals surface area contributed by atoms with Crippen molar-refractivity contribution >= 4 is 21.8 Å². The second kappa shape index (κ2) is 6.84. The highest BCUT2D eigenvalue weighted by Crippen LogP contribution is 2.15. The Bertz CT molecular complexity index is 362. The highest BCUT2D eigenvalue weighted by atomic mass is 79.9. The molecular formula is C13H21BrN2O. The molecule has 0 aliphatic heterocycles. The van der Waals surface area contributed by atoms with E-state index >= 15 is 0 Å². The molecule has 0 spiro atoms. The highest BCUT2D eigenvalue weighted by molar-refractivity contribution is 9.10. The van der Waals surface area contributed by atoms with E-state index in [1.54, 1.807) is 6.20 Å². The predicted octanol–water partition coefficient (Wildman–Crippen LogP) is 3.82. The van der Waals surface area contributed by atoms with Crippen molar-refractivity contribution in [2.24, 2.45) is 0 Å². The van der Waals surface area contributed by atoms with Gasteiger partial charge in [-0.05, 0) is 41.8 Å². The third kappa shape index (κ3) is 3.87. The first kappa shape index (κ1) is 14.3. The van der Waals surface area contributed by atoms with Crippen LogP contribution in [-0.4, -0.2) is 28.4 Å². The molecule has 1 N–H and O–H groups in total. The van der Waals surface area contributed by atoms with E-state index in [4.69, 9.17) is 0 Å². The Morgan fingerprint density at radius 1 is 1.53 bits per heavy atom. The number of nitrogens with one attached hydrogen (secondary N) is 1. The second-order valence-corrected chi connectivity index (χ2v) is 5.26. The fourth-order valence-corrected chi connectivity index (χ4v) is 2.06. The number of halogens is 1. The normalized spacial score (nSPS) is 12.5. The van der Waals surface area contributed by atoms with Crippen molar-refractivity contribution in [2.75, 3.05) is 6.54 Å². The molecule has 1 unspecified atom stereocenters. The first-order chi connectivity index (χ1) is 8.10. The van der Waals surface area contributed by atoms with Crippen molar-refractivity contribution < 1.29 is 4.79 Å². The van der Waals surface area contributed by atoms with Crippen LogP contribution in [0.2, 0.25) is 0 Å². The molecule has 1 aromatic heterocycles. The number of carbonyl (C=O) groups excluding carboxylic acids is 1. The summed E-state index contributed by atoms with van der Waals surface area (Å²) in [6.45, 7) is 7.19. The zero-order chi connectivity index (χ0) is 12.8. The van der Waals surface area contributed by atoms with Gasteiger partial charge in [-0.25, -0.2) is 0 Å². The van der Waals surface area contributed by atoms with Gasteiger partial charge < -0.3 is 9.88 Å². The zero-order valence-corrected chi connectivity index (χ0v) is 12.4. The van der Waals surface area contributed by atoms with Gasteiger partial charge in [0.15, 0.2) is 0 Å².